The Balaban J connectivity index is 3.44. The Bertz CT molecular complexity index is 104. The van der Waals surface area contributed by atoms with Gasteiger partial charge in [0.1, 0.15) is 0 Å². The van der Waals surface area contributed by atoms with Crippen LogP contribution in [0, 0.1) is 0 Å². The van der Waals surface area contributed by atoms with E-state index < -0.39 is 0 Å². The van der Waals surface area contributed by atoms with Crippen molar-refractivity contribution in [2.45, 2.75) is 20.3 Å². The van der Waals surface area contributed by atoms with Crippen molar-refractivity contribution in [2.24, 2.45) is 0 Å². The number of hydrogen-bond donors (Lipinski definition) is 0. The molecule has 0 rings (SSSR count). The summed E-state index contributed by atoms with van der Waals surface area (Å²) in [5.41, 5.74) is 0. The molecular weight excluding hydrogens is 168 g/mol. The van der Waals surface area contributed by atoms with Crippen LogP contribution in [-0.2, 0) is 9.68 Å². The first kappa shape index (κ1) is 12.8. The Morgan fingerprint density at radius 3 is 1.85 bits per heavy atom. The van der Waals surface area contributed by atoms with Crippen LogP contribution in [0.2, 0.25) is 0 Å². The molecule has 0 aromatic carbocycles. The molecule has 0 aliphatic carbocycles. The van der Waals surface area contributed by atoms with E-state index in [9.17, 15) is 0 Å². The van der Waals surface area contributed by atoms with Crippen LogP contribution >= 0.6 is 0 Å². The second-order valence-corrected chi connectivity index (χ2v) is 3.05. The van der Waals surface area contributed by atoms with Gasteiger partial charge in [-0.3, -0.25) is 9.68 Å². The van der Waals surface area contributed by atoms with E-state index in [1.54, 1.807) is 5.23 Å². The predicted molar refractivity (Wildman–Crippen MR) is 53.1 cm³/mol. The lowest BCUT2D eigenvalue weighted by Gasteiger charge is -2.20. The molecule has 0 amide bonds. The molecule has 0 atom stereocenters. The third kappa shape index (κ3) is 8.18. The van der Waals surface area contributed by atoms with Crippen LogP contribution in [0.4, 0.5) is 0 Å². The average Bonchev–Trinajstić information content (AvgIpc) is 2.04. The molecule has 13 heavy (non-hydrogen) atoms. The fraction of sp³-hybridized carbons (Fsp3) is 1.00. The van der Waals surface area contributed by atoms with Crippen molar-refractivity contribution in [1.82, 2.24) is 10.1 Å². The molecule has 0 fully saturated rings. The van der Waals surface area contributed by atoms with Crippen molar-refractivity contribution in [1.29, 1.82) is 0 Å². The zero-order valence-corrected chi connectivity index (χ0v) is 9.25. The smallest absolute Gasteiger partial charge is 0.0683 e. The maximum Gasteiger partial charge on any atom is 0.0683 e. The minimum absolute atomic E-state index is 0.655. The minimum Gasteiger partial charge on any atom is -0.309 e. The molecule has 4 nitrogen and oxygen atoms in total. The van der Waals surface area contributed by atoms with Crippen LogP contribution in [0.15, 0.2) is 0 Å². The van der Waals surface area contributed by atoms with Crippen molar-refractivity contribution in [3.8, 4) is 0 Å². The van der Waals surface area contributed by atoms with E-state index in [0.717, 1.165) is 19.5 Å². The van der Waals surface area contributed by atoms with Crippen molar-refractivity contribution >= 4 is 0 Å². The standard InChI is InChI=1S/C9H22N2O2/c1-5-12-11(13-6-2)9-7-8-10(3)4/h5-9H2,1-4H3. The highest BCUT2D eigenvalue weighted by Crippen LogP contribution is 1.95. The summed E-state index contributed by atoms with van der Waals surface area (Å²) in [6, 6.07) is 0. The van der Waals surface area contributed by atoms with E-state index >= 15 is 0 Å². The second kappa shape index (κ2) is 8.44. The van der Waals surface area contributed by atoms with Gasteiger partial charge in [0.25, 0.3) is 0 Å². The maximum absolute atomic E-state index is 5.26. The van der Waals surface area contributed by atoms with E-state index in [2.05, 4.69) is 19.0 Å². The van der Waals surface area contributed by atoms with E-state index in [4.69, 9.17) is 9.68 Å². The SMILES string of the molecule is CCON(CCCN(C)C)OCC. The number of nitrogens with zero attached hydrogens (tertiary/aromatic N) is 2. The molecule has 0 saturated carbocycles. The van der Waals surface area contributed by atoms with Gasteiger partial charge in [-0.1, -0.05) is 5.23 Å². The zero-order chi connectivity index (χ0) is 10.1. The number of rotatable bonds is 8. The fourth-order valence-electron chi connectivity index (χ4n) is 0.970. The molecule has 0 unspecified atom stereocenters. The lowest BCUT2D eigenvalue weighted by molar-refractivity contribution is -0.364. The van der Waals surface area contributed by atoms with Crippen molar-refractivity contribution < 1.29 is 9.68 Å². The molecule has 0 N–H and O–H groups in total. The summed E-state index contributed by atoms with van der Waals surface area (Å²) >= 11 is 0. The summed E-state index contributed by atoms with van der Waals surface area (Å²) in [4.78, 5) is 12.7. The third-order valence-electron chi connectivity index (χ3n) is 1.49. The predicted octanol–water partition coefficient (Wildman–Crippen LogP) is 1.14. The largest absolute Gasteiger partial charge is 0.309 e. The molecule has 0 radical (unpaired) electrons. The summed E-state index contributed by atoms with van der Waals surface area (Å²) in [6.45, 7) is 7.09. The maximum atomic E-state index is 5.26. The summed E-state index contributed by atoms with van der Waals surface area (Å²) in [5, 5.41) is 1.57. The quantitative estimate of drug-likeness (QED) is 0.536. The lowest BCUT2D eigenvalue weighted by atomic mass is 10.4. The first-order valence-electron chi connectivity index (χ1n) is 4.88. The minimum atomic E-state index is 0.655. The molecule has 80 valence electrons. The molecule has 0 aromatic rings. The summed E-state index contributed by atoms with van der Waals surface area (Å²) in [6.07, 6.45) is 1.05. The van der Waals surface area contributed by atoms with Gasteiger partial charge in [-0.25, -0.2) is 0 Å². The van der Waals surface area contributed by atoms with Crippen LogP contribution in [0.5, 0.6) is 0 Å². The van der Waals surface area contributed by atoms with Gasteiger partial charge in [-0.05, 0) is 40.9 Å². The highest BCUT2D eigenvalue weighted by molar-refractivity contribution is 4.44. The van der Waals surface area contributed by atoms with Gasteiger partial charge in [-0.2, -0.15) is 0 Å². The van der Waals surface area contributed by atoms with Crippen LogP contribution in [0.3, 0.4) is 0 Å². The highest BCUT2D eigenvalue weighted by atomic mass is 16.9. The summed E-state index contributed by atoms with van der Waals surface area (Å²) < 4.78 is 0. The Kier molecular flexibility index (Phi) is 8.33. The lowest BCUT2D eigenvalue weighted by Crippen LogP contribution is -2.28. The first-order chi connectivity index (χ1) is 6.20. The Morgan fingerprint density at radius 2 is 1.46 bits per heavy atom. The van der Waals surface area contributed by atoms with E-state index in [0.29, 0.717) is 13.2 Å². The normalized spacial score (nSPS) is 11.5. The highest BCUT2D eigenvalue weighted by Gasteiger charge is 2.03. The molecule has 0 aliphatic rings. The molecule has 0 aliphatic heterocycles. The Morgan fingerprint density at radius 1 is 0.923 bits per heavy atom. The van der Waals surface area contributed by atoms with Gasteiger partial charge in [-0.15, -0.1) is 0 Å². The van der Waals surface area contributed by atoms with Gasteiger partial charge < -0.3 is 4.90 Å². The van der Waals surface area contributed by atoms with Crippen LogP contribution in [0.25, 0.3) is 0 Å². The van der Waals surface area contributed by atoms with Gasteiger partial charge in [0.2, 0.25) is 0 Å². The van der Waals surface area contributed by atoms with Gasteiger partial charge in [0.05, 0.1) is 19.8 Å². The van der Waals surface area contributed by atoms with Crippen LogP contribution < -0.4 is 0 Å². The monoisotopic (exact) mass is 190 g/mol. The van der Waals surface area contributed by atoms with Gasteiger partial charge in [0, 0.05) is 0 Å². The van der Waals surface area contributed by atoms with E-state index in [1.165, 1.54) is 0 Å². The first-order valence-corrected chi connectivity index (χ1v) is 4.88. The van der Waals surface area contributed by atoms with Crippen LogP contribution in [0.1, 0.15) is 20.3 Å². The topological polar surface area (TPSA) is 24.9 Å². The average molecular weight is 190 g/mol. The summed E-state index contributed by atoms with van der Waals surface area (Å²) in [7, 11) is 4.12. The van der Waals surface area contributed by atoms with Gasteiger partial charge >= 0.3 is 0 Å². The number of hydroxylamine groups is 2. The fourth-order valence-corrected chi connectivity index (χ4v) is 0.970. The second-order valence-electron chi connectivity index (χ2n) is 3.05. The molecular formula is C9H22N2O2. The number of hydrogen-bond acceptors (Lipinski definition) is 4. The Hall–Kier alpha value is -0.160. The molecule has 0 aromatic heterocycles. The molecule has 4 heteroatoms. The van der Waals surface area contributed by atoms with Crippen molar-refractivity contribution in [3.05, 3.63) is 0 Å². The van der Waals surface area contributed by atoms with E-state index in [1.807, 2.05) is 13.8 Å². The molecule has 0 spiro atoms. The van der Waals surface area contributed by atoms with Crippen molar-refractivity contribution in [2.75, 3.05) is 40.4 Å². The van der Waals surface area contributed by atoms with Gasteiger partial charge in [0.15, 0.2) is 0 Å². The summed E-state index contributed by atoms with van der Waals surface area (Å²) in [5.74, 6) is 0. The van der Waals surface area contributed by atoms with E-state index in [-0.39, 0.29) is 0 Å². The zero-order valence-electron chi connectivity index (χ0n) is 9.25. The molecule has 0 bridgehead atoms. The molecule has 0 saturated heterocycles. The van der Waals surface area contributed by atoms with Crippen LogP contribution in [-0.4, -0.2) is 50.5 Å². The Labute approximate surface area is 81.3 Å². The van der Waals surface area contributed by atoms with Crippen molar-refractivity contribution in [3.63, 3.8) is 0 Å². The molecule has 0 heterocycles. The third-order valence-corrected chi connectivity index (χ3v) is 1.49.